The zero-order valence-electron chi connectivity index (χ0n) is 26.3. The Bertz CT molecular complexity index is 1400. The Balaban J connectivity index is 2.00. The highest BCUT2D eigenvalue weighted by molar-refractivity contribution is 7.89. The van der Waals surface area contributed by atoms with Gasteiger partial charge in [-0.05, 0) is 68.0 Å². The number of sulfonamides is 1. The van der Waals surface area contributed by atoms with Crippen LogP contribution in [0.1, 0.15) is 38.8 Å². The van der Waals surface area contributed by atoms with Crippen molar-refractivity contribution >= 4 is 17.6 Å². The predicted octanol–water partition coefficient (Wildman–Crippen LogP) is 5.74. The molecule has 0 saturated carbocycles. The number of benzene rings is 3. The molecule has 0 saturated heterocycles. The Hall–Kier alpha value is -2.56. The van der Waals surface area contributed by atoms with Crippen molar-refractivity contribution in [2.24, 2.45) is 5.92 Å². The largest absolute Gasteiger partial charge is 0.497 e. The minimum absolute atomic E-state index is 0.00212. The maximum Gasteiger partial charge on any atom is 0.347 e. The van der Waals surface area contributed by atoms with Crippen LogP contribution in [0.3, 0.4) is 0 Å². The molecule has 0 aliphatic rings. The van der Waals surface area contributed by atoms with Crippen molar-refractivity contribution in [1.29, 1.82) is 0 Å². The van der Waals surface area contributed by atoms with Crippen LogP contribution >= 0.6 is 7.60 Å². The number of rotatable bonds is 19. The molecule has 1 unspecified atom stereocenters. The smallest absolute Gasteiger partial charge is 0.347 e. The lowest BCUT2D eigenvalue weighted by molar-refractivity contribution is 0.0968. The fraction of sp³-hybridized carbons (Fsp3) is 0.455. The molecule has 9 nitrogen and oxygen atoms in total. The van der Waals surface area contributed by atoms with E-state index in [2.05, 4.69) is 5.32 Å². The van der Waals surface area contributed by atoms with Crippen molar-refractivity contribution in [3.63, 3.8) is 0 Å². The summed E-state index contributed by atoms with van der Waals surface area (Å²) in [6.07, 6.45) is -0.503. The third kappa shape index (κ3) is 10.2. The Morgan fingerprint density at radius 3 is 1.82 bits per heavy atom. The quantitative estimate of drug-likeness (QED) is 0.159. The van der Waals surface area contributed by atoms with Crippen LogP contribution in [0.25, 0.3) is 0 Å². The number of aliphatic hydroxyl groups excluding tert-OH is 1. The summed E-state index contributed by atoms with van der Waals surface area (Å²) in [5.41, 5.74) is 1.85. The normalized spacial score (nSPS) is 14.5. The SMILES string of the molecule is CCOP(=O)(OCC)C(Cc1ccccc1)N[C@@H](Cc1ccccc1)[C@H](O)CN(CC(C)C)S(=O)(=O)c1ccc(OC)cc1. The second kappa shape index (κ2) is 17.2. The highest BCUT2D eigenvalue weighted by Gasteiger charge is 2.39. The maximum absolute atomic E-state index is 14.2. The second-order valence-electron chi connectivity index (χ2n) is 11.0. The van der Waals surface area contributed by atoms with Crippen molar-refractivity contribution < 1.29 is 31.9 Å². The van der Waals surface area contributed by atoms with Crippen LogP contribution in [-0.2, 0) is 36.5 Å². The Morgan fingerprint density at radius 2 is 1.34 bits per heavy atom. The van der Waals surface area contributed by atoms with Gasteiger partial charge in [-0.3, -0.25) is 9.88 Å². The molecule has 0 aliphatic heterocycles. The van der Waals surface area contributed by atoms with Crippen molar-refractivity contribution in [1.82, 2.24) is 9.62 Å². The van der Waals surface area contributed by atoms with Gasteiger partial charge in [0, 0.05) is 19.1 Å². The van der Waals surface area contributed by atoms with Crippen LogP contribution < -0.4 is 10.1 Å². The van der Waals surface area contributed by atoms with Gasteiger partial charge in [-0.2, -0.15) is 4.31 Å². The molecular weight excluding hydrogens is 599 g/mol. The molecule has 0 spiro atoms. The number of nitrogens with zero attached hydrogens (tertiary/aromatic N) is 1. The van der Waals surface area contributed by atoms with Gasteiger partial charge in [0.2, 0.25) is 10.0 Å². The second-order valence-corrected chi connectivity index (χ2v) is 15.2. The van der Waals surface area contributed by atoms with Crippen LogP contribution in [0.5, 0.6) is 5.75 Å². The van der Waals surface area contributed by atoms with Crippen LogP contribution in [-0.4, -0.2) is 69.2 Å². The highest BCUT2D eigenvalue weighted by Crippen LogP contribution is 2.53. The first-order chi connectivity index (χ1) is 21.0. The molecule has 2 N–H and O–H groups in total. The fourth-order valence-corrected chi connectivity index (χ4v) is 8.59. The summed E-state index contributed by atoms with van der Waals surface area (Å²) >= 11 is 0. The van der Waals surface area contributed by atoms with Crippen LogP contribution in [0.2, 0.25) is 0 Å². The van der Waals surface area contributed by atoms with Gasteiger partial charge in [-0.15, -0.1) is 0 Å². The zero-order valence-corrected chi connectivity index (χ0v) is 28.0. The lowest BCUT2D eigenvalue weighted by Crippen LogP contribution is -2.52. The first-order valence-electron chi connectivity index (χ1n) is 15.1. The molecule has 44 heavy (non-hydrogen) atoms. The first kappa shape index (κ1) is 35.9. The van der Waals surface area contributed by atoms with Crippen molar-refractivity contribution in [2.75, 3.05) is 33.4 Å². The van der Waals surface area contributed by atoms with E-state index in [4.69, 9.17) is 13.8 Å². The van der Waals surface area contributed by atoms with Crippen LogP contribution in [0, 0.1) is 5.92 Å². The van der Waals surface area contributed by atoms with Gasteiger partial charge in [0.25, 0.3) is 0 Å². The molecule has 3 aromatic rings. The lowest BCUT2D eigenvalue weighted by Gasteiger charge is -2.35. The van der Waals surface area contributed by atoms with E-state index in [0.29, 0.717) is 18.6 Å². The van der Waals surface area contributed by atoms with Gasteiger partial charge < -0.3 is 18.9 Å². The Kier molecular flexibility index (Phi) is 14.1. The molecule has 3 rings (SSSR count). The van der Waals surface area contributed by atoms with E-state index in [1.54, 1.807) is 26.0 Å². The summed E-state index contributed by atoms with van der Waals surface area (Å²) in [6.45, 7) is 7.76. The summed E-state index contributed by atoms with van der Waals surface area (Å²) in [5.74, 6) is -0.258. The maximum atomic E-state index is 14.2. The van der Waals surface area contributed by atoms with E-state index in [0.717, 1.165) is 11.1 Å². The molecule has 3 aromatic carbocycles. The molecule has 0 bridgehead atoms. The molecule has 0 aliphatic carbocycles. The summed E-state index contributed by atoms with van der Waals surface area (Å²) in [5, 5.41) is 15.3. The van der Waals surface area contributed by atoms with E-state index in [1.165, 1.54) is 23.5 Å². The molecule has 0 fully saturated rings. The van der Waals surface area contributed by atoms with Gasteiger partial charge in [-0.1, -0.05) is 74.5 Å². The number of hydrogen-bond acceptors (Lipinski definition) is 8. The first-order valence-corrected chi connectivity index (χ1v) is 18.1. The molecule has 0 amide bonds. The zero-order chi connectivity index (χ0) is 32.2. The average Bonchev–Trinajstić information content (AvgIpc) is 3.01. The molecule has 0 aromatic heterocycles. The summed E-state index contributed by atoms with van der Waals surface area (Å²) in [7, 11) is -6.14. The van der Waals surface area contributed by atoms with Gasteiger partial charge in [0.1, 0.15) is 11.5 Å². The number of ether oxygens (including phenoxy) is 1. The summed E-state index contributed by atoms with van der Waals surface area (Å²) in [6, 6.07) is 24.7. The molecule has 0 radical (unpaired) electrons. The minimum Gasteiger partial charge on any atom is -0.497 e. The van der Waals surface area contributed by atoms with Crippen LogP contribution in [0.4, 0.5) is 0 Å². The van der Waals surface area contributed by atoms with Crippen LogP contribution in [0.15, 0.2) is 89.8 Å². The van der Waals surface area contributed by atoms with E-state index >= 15 is 0 Å². The molecule has 242 valence electrons. The lowest BCUT2D eigenvalue weighted by atomic mass is 10.0. The Labute approximate surface area is 263 Å². The monoisotopic (exact) mass is 646 g/mol. The van der Waals surface area contributed by atoms with Crippen molar-refractivity contribution in [3.05, 3.63) is 96.1 Å². The predicted molar refractivity (Wildman–Crippen MR) is 174 cm³/mol. The van der Waals surface area contributed by atoms with E-state index in [9.17, 15) is 18.1 Å². The Morgan fingerprint density at radius 1 is 0.818 bits per heavy atom. The average molecular weight is 647 g/mol. The van der Waals surface area contributed by atoms with E-state index in [-0.39, 0.29) is 37.1 Å². The number of methoxy groups -OCH3 is 1. The number of nitrogens with one attached hydrogen (secondary N) is 1. The van der Waals surface area contributed by atoms with Crippen molar-refractivity contribution in [2.45, 2.75) is 63.4 Å². The third-order valence-electron chi connectivity index (χ3n) is 7.10. The summed E-state index contributed by atoms with van der Waals surface area (Å²) in [4.78, 5) is 0.109. The van der Waals surface area contributed by atoms with Gasteiger partial charge >= 0.3 is 7.60 Å². The molecular formula is C33H47N2O7PS. The number of hydrogen-bond donors (Lipinski definition) is 2. The van der Waals surface area contributed by atoms with Gasteiger partial charge in [0.05, 0.1) is 31.3 Å². The topological polar surface area (TPSA) is 114 Å². The van der Waals surface area contributed by atoms with Crippen molar-refractivity contribution in [3.8, 4) is 5.75 Å². The molecule has 11 heteroatoms. The highest BCUT2D eigenvalue weighted by atomic mass is 32.2. The molecule has 0 heterocycles. The third-order valence-corrected chi connectivity index (χ3v) is 11.3. The minimum atomic E-state index is -3.96. The van der Waals surface area contributed by atoms with E-state index < -0.39 is 35.5 Å². The summed E-state index contributed by atoms with van der Waals surface area (Å²) < 4.78 is 59.9. The number of aliphatic hydroxyl groups is 1. The van der Waals surface area contributed by atoms with Gasteiger partial charge in [-0.25, -0.2) is 8.42 Å². The molecule has 3 atom stereocenters. The van der Waals surface area contributed by atoms with Gasteiger partial charge in [0.15, 0.2) is 0 Å². The van der Waals surface area contributed by atoms with E-state index in [1.807, 2.05) is 74.5 Å². The fourth-order valence-electron chi connectivity index (χ4n) is 5.01. The standard InChI is InChI=1S/C33H47N2O7PS/c1-6-41-43(37,42-7-2)33(23-28-16-12-9-13-17-28)34-31(22-27-14-10-8-11-15-27)32(36)25-35(24-26(3)4)44(38,39)30-20-18-29(40-5)19-21-30/h8-21,26,31-34,36H,6-7,22-25H2,1-5H3/t31-,32+,33?/m0/s1.